The summed E-state index contributed by atoms with van der Waals surface area (Å²) in [5, 5.41) is 5.60. The summed E-state index contributed by atoms with van der Waals surface area (Å²) in [7, 11) is 1.35. The molecule has 0 aliphatic carbocycles. The summed E-state index contributed by atoms with van der Waals surface area (Å²) in [6.45, 7) is 5.19. The second kappa shape index (κ2) is 6.32. The van der Waals surface area contributed by atoms with Crippen molar-refractivity contribution in [3.63, 3.8) is 0 Å². The van der Waals surface area contributed by atoms with Crippen LogP contribution in [0.3, 0.4) is 0 Å². The maximum atomic E-state index is 11.7. The molecule has 0 radical (unpaired) electrons. The molecule has 1 aliphatic heterocycles. The number of piperidine rings is 1. The Balaban J connectivity index is 2.30. The zero-order valence-electron chi connectivity index (χ0n) is 10.7. The smallest absolute Gasteiger partial charge is 0.407 e. The van der Waals surface area contributed by atoms with E-state index in [1.807, 2.05) is 13.8 Å². The van der Waals surface area contributed by atoms with Gasteiger partial charge >= 0.3 is 12.1 Å². The van der Waals surface area contributed by atoms with Crippen LogP contribution in [-0.2, 0) is 4.74 Å². The monoisotopic (exact) mass is 243 g/mol. The van der Waals surface area contributed by atoms with Crippen molar-refractivity contribution >= 4 is 12.1 Å². The van der Waals surface area contributed by atoms with Gasteiger partial charge in [0.1, 0.15) is 0 Å². The van der Waals surface area contributed by atoms with Crippen LogP contribution in [0.2, 0.25) is 0 Å². The Morgan fingerprint density at radius 1 is 1.29 bits per heavy atom. The van der Waals surface area contributed by atoms with E-state index in [-0.39, 0.29) is 18.1 Å². The van der Waals surface area contributed by atoms with Gasteiger partial charge in [-0.25, -0.2) is 9.59 Å². The van der Waals surface area contributed by atoms with Gasteiger partial charge in [0, 0.05) is 25.2 Å². The first-order valence-electron chi connectivity index (χ1n) is 5.93. The number of carbonyl (C=O) groups is 2. The summed E-state index contributed by atoms with van der Waals surface area (Å²) < 4.78 is 4.54. The summed E-state index contributed by atoms with van der Waals surface area (Å²) in [5.74, 6) is 0. The van der Waals surface area contributed by atoms with E-state index in [2.05, 4.69) is 15.4 Å². The highest BCUT2D eigenvalue weighted by Gasteiger charge is 2.24. The van der Waals surface area contributed by atoms with Crippen LogP contribution in [0.1, 0.15) is 26.7 Å². The van der Waals surface area contributed by atoms with E-state index in [9.17, 15) is 9.59 Å². The number of amides is 3. The van der Waals surface area contributed by atoms with E-state index < -0.39 is 6.09 Å². The van der Waals surface area contributed by atoms with Gasteiger partial charge in [-0.05, 0) is 26.7 Å². The highest BCUT2D eigenvalue weighted by Crippen LogP contribution is 2.10. The third-order valence-corrected chi connectivity index (χ3v) is 2.70. The molecule has 6 heteroatoms. The van der Waals surface area contributed by atoms with E-state index in [1.54, 1.807) is 4.90 Å². The Bertz CT molecular complexity index is 273. The molecule has 1 heterocycles. The van der Waals surface area contributed by atoms with Gasteiger partial charge in [-0.3, -0.25) is 0 Å². The van der Waals surface area contributed by atoms with Crippen LogP contribution in [0, 0.1) is 0 Å². The minimum Gasteiger partial charge on any atom is -0.453 e. The highest BCUT2D eigenvalue weighted by molar-refractivity contribution is 5.74. The average Bonchev–Trinajstić information content (AvgIpc) is 2.28. The number of methoxy groups -OCH3 is 1. The molecule has 0 bridgehead atoms. The first-order valence-corrected chi connectivity index (χ1v) is 5.93. The van der Waals surface area contributed by atoms with Crippen LogP contribution >= 0.6 is 0 Å². The number of urea groups is 1. The fourth-order valence-corrected chi connectivity index (χ4v) is 1.79. The second-order valence-corrected chi connectivity index (χ2v) is 4.50. The first-order chi connectivity index (χ1) is 8.02. The molecule has 1 saturated heterocycles. The maximum Gasteiger partial charge on any atom is 0.407 e. The summed E-state index contributed by atoms with van der Waals surface area (Å²) in [6, 6.07) is 0.218. The number of ether oxygens (including phenoxy) is 1. The normalized spacial score (nSPS) is 16.8. The Labute approximate surface area is 102 Å². The molecule has 1 aliphatic rings. The molecule has 0 saturated carbocycles. The van der Waals surface area contributed by atoms with Gasteiger partial charge in [0.05, 0.1) is 7.11 Å². The number of alkyl carbamates (subject to hydrolysis) is 1. The second-order valence-electron chi connectivity index (χ2n) is 4.50. The van der Waals surface area contributed by atoms with Gasteiger partial charge in [0.15, 0.2) is 0 Å². The predicted octanol–water partition coefficient (Wildman–Crippen LogP) is 0.925. The molecule has 2 N–H and O–H groups in total. The molecule has 1 fully saturated rings. The molecule has 3 amide bonds. The van der Waals surface area contributed by atoms with Crippen LogP contribution in [0.25, 0.3) is 0 Å². The molecular formula is C11H21N3O3. The Kier molecular flexibility index (Phi) is 5.06. The van der Waals surface area contributed by atoms with Crippen LogP contribution in [0.5, 0.6) is 0 Å². The largest absolute Gasteiger partial charge is 0.453 e. The molecular weight excluding hydrogens is 222 g/mol. The quantitative estimate of drug-likeness (QED) is 0.757. The molecule has 0 aromatic carbocycles. The van der Waals surface area contributed by atoms with Gasteiger partial charge in [0.2, 0.25) is 0 Å². The van der Waals surface area contributed by atoms with Gasteiger partial charge < -0.3 is 20.3 Å². The molecule has 0 unspecified atom stereocenters. The van der Waals surface area contributed by atoms with Crippen molar-refractivity contribution in [3.05, 3.63) is 0 Å². The molecule has 17 heavy (non-hydrogen) atoms. The lowest BCUT2D eigenvalue weighted by molar-refractivity contribution is 0.152. The predicted molar refractivity (Wildman–Crippen MR) is 63.8 cm³/mol. The lowest BCUT2D eigenvalue weighted by atomic mass is 10.1. The first kappa shape index (κ1) is 13.6. The van der Waals surface area contributed by atoms with Crippen molar-refractivity contribution in [2.75, 3.05) is 20.2 Å². The van der Waals surface area contributed by atoms with E-state index in [0.717, 1.165) is 12.8 Å². The van der Waals surface area contributed by atoms with Crippen LogP contribution in [-0.4, -0.2) is 49.3 Å². The number of carbonyl (C=O) groups excluding carboxylic acids is 2. The lowest BCUT2D eigenvalue weighted by Gasteiger charge is -2.32. The van der Waals surface area contributed by atoms with E-state index in [0.29, 0.717) is 13.1 Å². The third-order valence-electron chi connectivity index (χ3n) is 2.70. The van der Waals surface area contributed by atoms with Crippen molar-refractivity contribution in [2.24, 2.45) is 0 Å². The van der Waals surface area contributed by atoms with Crippen molar-refractivity contribution < 1.29 is 14.3 Å². The zero-order chi connectivity index (χ0) is 12.8. The van der Waals surface area contributed by atoms with Crippen molar-refractivity contribution in [2.45, 2.75) is 38.8 Å². The summed E-state index contributed by atoms with van der Waals surface area (Å²) in [5.41, 5.74) is 0. The molecule has 6 nitrogen and oxygen atoms in total. The molecule has 0 aromatic rings. The van der Waals surface area contributed by atoms with Crippen LogP contribution in [0.4, 0.5) is 9.59 Å². The maximum absolute atomic E-state index is 11.7. The minimum absolute atomic E-state index is 0.0310. The molecule has 1 rings (SSSR count). The SMILES string of the molecule is COC(=O)NC1CCN(C(=O)NC(C)C)CC1. The number of rotatable bonds is 2. The number of hydrogen-bond acceptors (Lipinski definition) is 3. The Hall–Kier alpha value is -1.46. The van der Waals surface area contributed by atoms with E-state index in [1.165, 1.54) is 7.11 Å². The number of hydrogen-bond donors (Lipinski definition) is 2. The van der Waals surface area contributed by atoms with Gasteiger partial charge in [-0.15, -0.1) is 0 Å². The molecule has 0 atom stereocenters. The molecule has 98 valence electrons. The number of likely N-dealkylation sites (tertiary alicyclic amines) is 1. The summed E-state index contributed by atoms with van der Waals surface area (Å²) in [4.78, 5) is 24.5. The number of nitrogens with one attached hydrogen (secondary N) is 2. The van der Waals surface area contributed by atoms with Gasteiger partial charge in [-0.1, -0.05) is 0 Å². The fourth-order valence-electron chi connectivity index (χ4n) is 1.79. The van der Waals surface area contributed by atoms with Crippen molar-refractivity contribution in [3.8, 4) is 0 Å². The van der Waals surface area contributed by atoms with Crippen molar-refractivity contribution in [1.82, 2.24) is 15.5 Å². The average molecular weight is 243 g/mol. The topological polar surface area (TPSA) is 70.7 Å². The van der Waals surface area contributed by atoms with Gasteiger partial charge in [-0.2, -0.15) is 0 Å². The van der Waals surface area contributed by atoms with E-state index >= 15 is 0 Å². The summed E-state index contributed by atoms with van der Waals surface area (Å²) in [6.07, 6.45) is 1.12. The lowest BCUT2D eigenvalue weighted by Crippen LogP contribution is -2.50. The van der Waals surface area contributed by atoms with Crippen LogP contribution < -0.4 is 10.6 Å². The minimum atomic E-state index is -0.407. The fraction of sp³-hybridized carbons (Fsp3) is 0.818. The molecule has 0 aromatic heterocycles. The third kappa shape index (κ3) is 4.50. The summed E-state index contributed by atoms with van der Waals surface area (Å²) >= 11 is 0. The van der Waals surface area contributed by atoms with E-state index in [4.69, 9.17) is 0 Å². The van der Waals surface area contributed by atoms with Crippen LogP contribution in [0.15, 0.2) is 0 Å². The Morgan fingerprint density at radius 2 is 1.88 bits per heavy atom. The number of nitrogens with zero attached hydrogens (tertiary/aromatic N) is 1. The Morgan fingerprint density at radius 3 is 2.35 bits per heavy atom. The standard InChI is InChI=1S/C11H21N3O3/c1-8(2)12-10(15)14-6-4-9(5-7-14)13-11(16)17-3/h8-9H,4-7H2,1-3H3,(H,12,15)(H,13,16). The van der Waals surface area contributed by atoms with Gasteiger partial charge in [0.25, 0.3) is 0 Å². The molecule has 0 spiro atoms. The zero-order valence-corrected chi connectivity index (χ0v) is 10.7. The van der Waals surface area contributed by atoms with Crippen molar-refractivity contribution in [1.29, 1.82) is 0 Å². The highest BCUT2D eigenvalue weighted by atomic mass is 16.5.